The highest BCUT2D eigenvalue weighted by molar-refractivity contribution is 5.96. The molecule has 1 aliphatic heterocycles. The van der Waals surface area contributed by atoms with Crippen LogP contribution in [0.3, 0.4) is 0 Å². The summed E-state index contributed by atoms with van der Waals surface area (Å²) >= 11 is 0. The molecule has 2 aromatic rings. The van der Waals surface area contributed by atoms with Crippen molar-refractivity contribution in [1.82, 2.24) is 4.98 Å². The fraction of sp³-hybridized carbons (Fsp3) is 0.375. The minimum absolute atomic E-state index is 0.264. The van der Waals surface area contributed by atoms with Crippen LogP contribution in [0.2, 0.25) is 0 Å². The SMILES string of the molecule is COc1cc2ccnc(N3CCCC(=O)C3)c2cc1OC. The van der Waals surface area contributed by atoms with E-state index in [1.807, 2.05) is 23.1 Å². The van der Waals surface area contributed by atoms with Crippen molar-refractivity contribution in [3.05, 3.63) is 24.4 Å². The Kier molecular flexibility index (Phi) is 3.64. The van der Waals surface area contributed by atoms with E-state index in [4.69, 9.17) is 9.47 Å². The minimum Gasteiger partial charge on any atom is -0.493 e. The molecule has 21 heavy (non-hydrogen) atoms. The molecule has 1 aromatic carbocycles. The molecule has 0 N–H and O–H groups in total. The van der Waals surface area contributed by atoms with E-state index in [9.17, 15) is 4.79 Å². The Morgan fingerprint density at radius 2 is 1.95 bits per heavy atom. The number of methoxy groups -OCH3 is 2. The molecule has 3 rings (SSSR count). The molecule has 2 heterocycles. The molecule has 0 spiro atoms. The molecule has 0 aliphatic carbocycles. The Hall–Kier alpha value is -2.30. The zero-order valence-corrected chi connectivity index (χ0v) is 12.3. The monoisotopic (exact) mass is 286 g/mol. The number of ketones is 1. The lowest BCUT2D eigenvalue weighted by molar-refractivity contribution is -0.118. The zero-order chi connectivity index (χ0) is 14.8. The Morgan fingerprint density at radius 1 is 1.19 bits per heavy atom. The molecule has 5 nitrogen and oxygen atoms in total. The Labute approximate surface area is 123 Å². The predicted octanol–water partition coefficient (Wildman–Crippen LogP) is 2.42. The maximum atomic E-state index is 11.7. The van der Waals surface area contributed by atoms with E-state index in [1.54, 1.807) is 20.4 Å². The van der Waals surface area contributed by atoms with Crippen molar-refractivity contribution in [2.75, 3.05) is 32.2 Å². The second kappa shape index (κ2) is 5.60. The van der Waals surface area contributed by atoms with E-state index in [1.165, 1.54) is 0 Å². The number of anilines is 1. The second-order valence-electron chi connectivity index (χ2n) is 5.13. The largest absolute Gasteiger partial charge is 0.493 e. The normalized spacial score (nSPS) is 15.3. The van der Waals surface area contributed by atoms with Gasteiger partial charge in [0.25, 0.3) is 0 Å². The van der Waals surface area contributed by atoms with Crippen molar-refractivity contribution in [2.45, 2.75) is 12.8 Å². The van der Waals surface area contributed by atoms with Gasteiger partial charge in [-0.2, -0.15) is 0 Å². The van der Waals surface area contributed by atoms with Gasteiger partial charge in [-0.3, -0.25) is 4.79 Å². The number of aromatic nitrogens is 1. The number of carbonyl (C=O) groups excluding carboxylic acids is 1. The average Bonchev–Trinajstić information content (AvgIpc) is 2.52. The van der Waals surface area contributed by atoms with E-state index in [2.05, 4.69) is 4.98 Å². The van der Waals surface area contributed by atoms with Crippen LogP contribution >= 0.6 is 0 Å². The molecule has 0 amide bonds. The summed E-state index contributed by atoms with van der Waals surface area (Å²) in [5.74, 6) is 2.46. The van der Waals surface area contributed by atoms with Gasteiger partial charge in [-0.15, -0.1) is 0 Å². The first-order valence-electron chi connectivity index (χ1n) is 7.00. The van der Waals surface area contributed by atoms with Crippen LogP contribution in [0.25, 0.3) is 10.8 Å². The van der Waals surface area contributed by atoms with Crippen LogP contribution in [0.5, 0.6) is 11.5 Å². The summed E-state index contributed by atoms with van der Waals surface area (Å²) in [4.78, 5) is 18.2. The summed E-state index contributed by atoms with van der Waals surface area (Å²) in [6.07, 6.45) is 3.31. The molecule has 0 radical (unpaired) electrons. The van der Waals surface area contributed by atoms with Crippen molar-refractivity contribution in [1.29, 1.82) is 0 Å². The summed E-state index contributed by atoms with van der Waals surface area (Å²) in [5, 5.41) is 2.00. The van der Waals surface area contributed by atoms with Crippen LogP contribution in [0.1, 0.15) is 12.8 Å². The number of fused-ring (bicyclic) bond motifs is 1. The molecular weight excluding hydrogens is 268 g/mol. The molecule has 110 valence electrons. The molecule has 5 heteroatoms. The number of rotatable bonds is 3. The van der Waals surface area contributed by atoms with Gasteiger partial charge < -0.3 is 14.4 Å². The Bertz CT molecular complexity index is 685. The summed E-state index contributed by atoms with van der Waals surface area (Å²) < 4.78 is 10.7. The summed E-state index contributed by atoms with van der Waals surface area (Å²) in [6, 6.07) is 5.80. The lowest BCUT2D eigenvalue weighted by atomic mass is 10.1. The molecule has 0 atom stereocenters. The van der Waals surface area contributed by atoms with Gasteiger partial charge in [0.1, 0.15) is 5.82 Å². The van der Waals surface area contributed by atoms with Crippen LogP contribution in [-0.4, -0.2) is 38.1 Å². The number of pyridine rings is 1. The number of Topliss-reactive ketones (excluding diaryl/α,β-unsaturated/α-hetero) is 1. The number of nitrogens with zero attached hydrogens (tertiary/aromatic N) is 2. The van der Waals surface area contributed by atoms with E-state index >= 15 is 0 Å². The summed E-state index contributed by atoms with van der Waals surface area (Å²) in [5.41, 5.74) is 0. The highest BCUT2D eigenvalue weighted by Crippen LogP contribution is 2.35. The van der Waals surface area contributed by atoms with Crippen molar-refractivity contribution in [3.8, 4) is 11.5 Å². The highest BCUT2D eigenvalue weighted by Gasteiger charge is 2.20. The maximum absolute atomic E-state index is 11.7. The average molecular weight is 286 g/mol. The fourth-order valence-corrected chi connectivity index (χ4v) is 2.75. The Morgan fingerprint density at radius 3 is 2.67 bits per heavy atom. The summed E-state index contributed by atoms with van der Waals surface area (Å²) in [6.45, 7) is 1.28. The Balaban J connectivity index is 2.12. The van der Waals surface area contributed by atoms with Gasteiger partial charge in [-0.25, -0.2) is 4.98 Å². The fourth-order valence-electron chi connectivity index (χ4n) is 2.75. The molecule has 0 saturated carbocycles. The van der Waals surface area contributed by atoms with Crippen LogP contribution < -0.4 is 14.4 Å². The first-order chi connectivity index (χ1) is 10.2. The molecule has 0 unspecified atom stereocenters. The summed E-state index contributed by atoms with van der Waals surface area (Å²) in [7, 11) is 3.24. The van der Waals surface area contributed by atoms with E-state index < -0.39 is 0 Å². The predicted molar refractivity (Wildman–Crippen MR) is 81.3 cm³/mol. The van der Waals surface area contributed by atoms with E-state index in [0.29, 0.717) is 24.5 Å². The number of hydrogen-bond acceptors (Lipinski definition) is 5. The first-order valence-corrected chi connectivity index (χ1v) is 7.00. The first kappa shape index (κ1) is 13.7. The number of carbonyl (C=O) groups is 1. The van der Waals surface area contributed by atoms with Gasteiger partial charge in [0.2, 0.25) is 0 Å². The van der Waals surface area contributed by atoms with Gasteiger partial charge in [0.05, 0.1) is 20.8 Å². The quantitative estimate of drug-likeness (QED) is 0.867. The van der Waals surface area contributed by atoms with E-state index in [-0.39, 0.29) is 5.78 Å². The second-order valence-corrected chi connectivity index (χ2v) is 5.13. The van der Waals surface area contributed by atoms with E-state index in [0.717, 1.165) is 29.6 Å². The lowest BCUT2D eigenvalue weighted by Gasteiger charge is -2.28. The van der Waals surface area contributed by atoms with Crippen molar-refractivity contribution in [3.63, 3.8) is 0 Å². The van der Waals surface area contributed by atoms with Crippen LogP contribution in [0.4, 0.5) is 5.82 Å². The topological polar surface area (TPSA) is 51.7 Å². The third kappa shape index (κ3) is 2.51. The highest BCUT2D eigenvalue weighted by atomic mass is 16.5. The van der Waals surface area contributed by atoms with Crippen molar-refractivity contribution < 1.29 is 14.3 Å². The molecule has 1 fully saturated rings. The standard InChI is InChI=1S/C16H18N2O3/c1-20-14-8-11-5-6-17-16(13(11)9-15(14)21-2)18-7-3-4-12(19)10-18/h5-6,8-9H,3-4,7,10H2,1-2H3. The van der Waals surface area contributed by atoms with Gasteiger partial charge in [0, 0.05) is 24.5 Å². The third-order valence-electron chi connectivity index (χ3n) is 3.80. The smallest absolute Gasteiger partial charge is 0.161 e. The third-order valence-corrected chi connectivity index (χ3v) is 3.80. The van der Waals surface area contributed by atoms with Gasteiger partial charge in [-0.1, -0.05) is 0 Å². The molecule has 1 saturated heterocycles. The maximum Gasteiger partial charge on any atom is 0.161 e. The zero-order valence-electron chi connectivity index (χ0n) is 12.3. The molecule has 1 aromatic heterocycles. The van der Waals surface area contributed by atoms with Crippen molar-refractivity contribution >= 4 is 22.4 Å². The van der Waals surface area contributed by atoms with Crippen LogP contribution in [-0.2, 0) is 4.79 Å². The van der Waals surface area contributed by atoms with Crippen LogP contribution in [0, 0.1) is 0 Å². The van der Waals surface area contributed by atoms with Gasteiger partial charge in [-0.05, 0) is 30.0 Å². The van der Waals surface area contributed by atoms with Gasteiger partial charge in [0.15, 0.2) is 17.3 Å². The number of hydrogen-bond donors (Lipinski definition) is 0. The lowest BCUT2D eigenvalue weighted by Crippen LogP contribution is -2.36. The van der Waals surface area contributed by atoms with Crippen molar-refractivity contribution in [2.24, 2.45) is 0 Å². The number of benzene rings is 1. The minimum atomic E-state index is 0.264. The number of piperidine rings is 1. The molecule has 1 aliphatic rings. The van der Waals surface area contributed by atoms with Crippen LogP contribution in [0.15, 0.2) is 24.4 Å². The molecular formula is C16H18N2O3. The number of ether oxygens (including phenoxy) is 2. The molecule has 0 bridgehead atoms. The van der Waals surface area contributed by atoms with Gasteiger partial charge >= 0.3 is 0 Å².